The fourth-order valence-corrected chi connectivity index (χ4v) is 3.63. The number of carbonyl (C=O) groups is 1. The maximum atomic E-state index is 12.6. The standard InChI is InChI=1S/C18H20ClNO4S/c1-11-8-12(2)17(13(3)9-11)24-18(21)15-10-14(6-7-16(15)19)25(22,23)20(4)5/h6-10H,1-5H3. The molecule has 0 saturated heterocycles. The van der Waals surface area contributed by atoms with Crippen LogP contribution in [-0.4, -0.2) is 32.8 Å². The molecule has 0 aliphatic carbocycles. The van der Waals surface area contributed by atoms with Crippen LogP contribution < -0.4 is 4.74 Å². The largest absolute Gasteiger partial charge is 0.422 e. The number of rotatable bonds is 4. The van der Waals surface area contributed by atoms with Gasteiger partial charge in [0.2, 0.25) is 10.0 Å². The van der Waals surface area contributed by atoms with Crippen LogP contribution in [0.2, 0.25) is 5.02 Å². The van der Waals surface area contributed by atoms with Gasteiger partial charge in [-0.25, -0.2) is 17.5 Å². The maximum Gasteiger partial charge on any atom is 0.345 e. The average molecular weight is 382 g/mol. The van der Waals surface area contributed by atoms with Crippen LogP contribution in [0.3, 0.4) is 0 Å². The van der Waals surface area contributed by atoms with Crippen LogP contribution in [0.1, 0.15) is 27.0 Å². The van der Waals surface area contributed by atoms with Gasteiger partial charge in [0, 0.05) is 14.1 Å². The lowest BCUT2D eigenvalue weighted by Gasteiger charge is -2.14. The van der Waals surface area contributed by atoms with Crippen molar-refractivity contribution in [3.05, 3.63) is 57.6 Å². The zero-order valence-electron chi connectivity index (χ0n) is 14.8. The molecule has 0 spiro atoms. The molecule has 2 aromatic rings. The van der Waals surface area contributed by atoms with Gasteiger partial charge in [-0.2, -0.15) is 0 Å². The van der Waals surface area contributed by atoms with Crippen molar-refractivity contribution in [1.29, 1.82) is 0 Å². The summed E-state index contributed by atoms with van der Waals surface area (Å²) in [5.41, 5.74) is 2.70. The molecule has 25 heavy (non-hydrogen) atoms. The molecule has 0 atom stereocenters. The number of benzene rings is 2. The van der Waals surface area contributed by atoms with Gasteiger partial charge in [-0.15, -0.1) is 0 Å². The Bertz CT molecular complexity index is 913. The van der Waals surface area contributed by atoms with Gasteiger partial charge in [0.1, 0.15) is 5.75 Å². The van der Waals surface area contributed by atoms with Gasteiger partial charge >= 0.3 is 5.97 Å². The van der Waals surface area contributed by atoms with E-state index in [-0.39, 0.29) is 15.5 Å². The predicted molar refractivity (Wildman–Crippen MR) is 97.9 cm³/mol. The molecule has 0 heterocycles. The molecular formula is C18H20ClNO4S. The highest BCUT2D eigenvalue weighted by atomic mass is 35.5. The second-order valence-electron chi connectivity index (χ2n) is 6.05. The minimum absolute atomic E-state index is 0.00367. The molecule has 134 valence electrons. The topological polar surface area (TPSA) is 63.7 Å². The summed E-state index contributed by atoms with van der Waals surface area (Å²) in [5, 5.41) is 0.130. The van der Waals surface area contributed by atoms with E-state index >= 15 is 0 Å². The van der Waals surface area contributed by atoms with Gasteiger partial charge in [-0.05, 0) is 50.1 Å². The highest BCUT2D eigenvalue weighted by Crippen LogP contribution is 2.28. The van der Waals surface area contributed by atoms with Crippen LogP contribution in [0.15, 0.2) is 35.2 Å². The summed E-state index contributed by atoms with van der Waals surface area (Å²) in [4.78, 5) is 12.5. The third kappa shape index (κ3) is 4.03. The van der Waals surface area contributed by atoms with E-state index in [0.29, 0.717) is 5.75 Å². The zero-order chi connectivity index (χ0) is 18.9. The zero-order valence-corrected chi connectivity index (χ0v) is 16.3. The molecule has 0 amide bonds. The minimum atomic E-state index is -3.68. The highest BCUT2D eigenvalue weighted by molar-refractivity contribution is 7.89. The van der Waals surface area contributed by atoms with E-state index in [1.807, 2.05) is 32.9 Å². The maximum absolute atomic E-state index is 12.6. The summed E-state index contributed by atoms with van der Waals surface area (Å²) >= 11 is 6.08. The molecule has 2 aromatic carbocycles. The van der Waals surface area contributed by atoms with Crippen LogP contribution in [-0.2, 0) is 10.0 Å². The first-order chi connectivity index (χ1) is 11.5. The van der Waals surface area contributed by atoms with Crippen LogP contribution in [0.4, 0.5) is 0 Å². The lowest BCUT2D eigenvalue weighted by atomic mass is 10.1. The normalized spacial score (nSPS) is 11.6. The Morgan fingerprint density at radius 1 is 1.04 bits per heavy atom. The Kier molecular flexibility index (Phi) is 5.56. The monoisotopic (exact) mass is 381 g/mol. The van der Waals surface area contributed by atoms with Crippen LogP contribution >= 0.6 is 11.6 Å². The van der Waals surface area contributed by atoms with Crippen molar-refractivity contribution in [2.24, 2.45) is 0 Å². The van der Waals surface area contributed by atoms with Crippen molar-refractivity contribution < 1.29 is 17.9 Å². The molecule has 0 radical (unpaired) electrons. The van der Waals surface area contributed by atoms with Crippen LogP contribution in [0, 0.1) is 20.8 Å². The van der Waals surface area contributed by atoms with Crippen molar-refractivity contribution in [3.63, 3.8) is 0 Å². The molecule has 0 N–H and O–H groups in total. The van der Waals surface area contributed by atoms with Gasteiger partial charge in [0.25, 0.3) is 0 Å². The van der Waals surface area contributed by atoms with E-state index in [1.54, 1.807) is 0 Å². The van der Waals surface area contributed by atoms with Crippen molar-refractivity contribution >= 4 is 27.6 Å². The van der Waals surface area contributed by atoms with E-state index in [9.17, 15) is 13.2 Å². The number of esters is 1. The number of nitrogens with zero attached hydrogens (tertiary/aromatic N) is 1. The van der Waals surface area contributed by atoms with E-state index in [1.165, 1.54) is 32.3 Å². The summed E-state index contributed by atoms with van der Waals surface area (Å²) in [6.07, 6.45) is 0. The molecule has 0 fully saturated rings. The molecule has 0 aromatic heterocycles. The third-order valence-electron chi connectivity index (χ3n) is 3.74. The van der Waals surface area contributed by atoms with E-state index < -0.39 is 16.0 Å². The fourth-order valence-electron chi connectivity index (χ4n) is 2.51. The summed E-state index contributed by atoms with van der Waals surface area (Å²) < 4.78 is 31.1. The lowest BCUT2D eigenvalue weighted by Crippen LogP contribution is -2.22. The molecule has 0 bridgehead atoms. The van der Waals surface area contributed by atoms with Crippen LogP contribution in [0.25, 0.3) is 0 Å². The molecule has 7 heteroatoms. The number of sulfonamides is 1. The average Bonchev–Trinajstić information content (AvgIpc) is 2.50. The van der Waals surface area contributed by atoms with E-state index in [2.05, 4.69) is 0 Å². The lowest BCUT2D eigenvalue weighted by molar-refractivity contribution is 0.0732. The highest BCUT2D eigenvalue weighted by Gasteiger charge is 2.22. The first-order valence-corrected chi connectivity index (χ1v) is 9.38. The van der Waals surface area contributed by atoms with Crippen molar-refractivity contribution in [1.82, 2.24) is 4.31 Å². The molecule has 0 unspecified atom stereocenters. The SMILES string of the molecule is Cc1cc(C)c(OC(=O)c2cc(S(=O)(=O)N(C)C)ccc2Cl)c(C)c1. The molecule has 2 rings (SSSR count). The first-order valence-electron chi connectivity index (χ1n) is 7.56. The second kappa shape index (κ2) is 7.15. The quantitative estimate of drug-likeness (QED) is 0.598. The van der Waals surface area contributed by atoms with E-state index in [4.69, 9.17) is 16.3 Å². The molecule has 0 aliphatic heterocycles. The van der Waals surface area contributed by atoms with Gasteiger partial charge in [0.05, 0.1) is 15.5 Å². The molecule has 5 nitrogen and oxygen atoms in total. The smallest absolute Gasteiger partial charge is 0.345 e. The third-order valence-corrected chi connectivity index (χ3v) is 5.88. The number of hydrogen-bond donors (Lipinski definition) is 0. The molecule has 0 saturated carbocycles. The Morgan fingerprint density at radius 2 is 1.60 bits per heavy atom. The minimum Gasteiger partial charge on any atom is -0.422 e. The summed E-state index contributed by atoms with van der Waals surface area (Å²) in [6, 6.07) is 7.79. The Balaban J connectivity index is 2.44. The Labute approximate surface area is 153 Å². The number of carbonyl (C=O) groups excluding carboxylic acids is 1. The van der Waals surface area contributed by atoms with Crippen molar-refractivity contribution in [2.75, 3.05) is 14.1 Å². The Morgan fingerprint density at radius 3 is 2.12 bits per heavy atom. The second-order valence-corrected chi connectivity index (χ2v) is 8.61. The number of hydrogen-bond acceptors (Lipinski definition) is 4. The number of halogens is 1. The number of ether oxygens (including phenoxy) is 1. The number of aryl methyl sites for hydroxylation is 3. The van der Waals surface area contributed by atoms with Gasteiger partial charge in [-0.3, -0.25) is 0 Å². The summed E-state index contributed by atoms with van der Waals surface area (Å²) in [5.74, 6) is -0.247. The van der Waals surface area contributed by atoms with Crippen LogP contribution in [0.5, 0.6) is 5.75 Å². The fraction of sp³-hybridized carbons (Fsp3) is 0.278. The van der Waals surface area contributed by atoms with E-state index in [0.717, 1.165) is 21.0 Å². The first kappa shape index (κ1) is 19.4. The molecular weight excluding hydrogens is 362 g/mol. The van der Waals surface area contributed by atoms with Gasteiger partial charge in [-0.1, -0.05) is 29.3 Å². The van der Waals surface area contributed by atoms with Gasteiger partial charge < -0.3 is 4.74 Å². The predicted octanol–water partition coefficient (Wildman–Crippen LogP) is 3.73. The van der Waals surface area contributed by atoms with Crippen molar-refractivity contribution in [2.45, 2.75) is 25.7 Å². The van der Waals surface area contributed by atoms with Gasteiger partial charge in [0.15, 0.2) is 0 Å². The van der Waals surface area contributed by atoms with Crippen molar-refractivity contribution in [3.8, 4) is 5.75 Å². The Hall–Kier alpha value is -1.89. The summed E-state index contributed by atoms with van der Waals surface area (Å²) in [6.45, 7) is 5.65. The molecule has 0 aliphatic rings. The summed E-state index contributed by atoms with van der Waals surface area (Å²) in [7, 11) is -0.842.